The Morgan fingerprint density at radius 3 is 2.12 bits per heavy atom. The van der Waals surface area contributed by atoms with E-state index in [0.717, 1.165) is 12.1 Å². The molecule has 1 saturated heterocycles. The minimum absolute atomic E-state index is 0.125. The Kier molecular flexibility index (Phi) is 5.36. The SMILES string of the molecule is O=S(=O)(c1ccc(C(F)(F)CF)cc1)n1nc(N2CC(F)(F)C(F)(F)C2)c2c(Cl)cccc21. The molecule has 0 bridgehead atoms. The predicted octanol–water partition coefficient (Wildman–Crippen LogP) is 5.08. The van der Waals surface area contributed by atoms with E-state index in [4.69, 9.17) is 11.6 Å². The van der Waals surface area contributed by atoms with Crippen LogP contribution in [0.1, 0.15) is 5.56 Å². The van der Waals surface area contributed by atoms with Crippen LogP contribution in [0.15, 0.2) is 47.4 Å². The zero-order valence-corrected chi connectivity index (χ0v) is 17.8. The van der Waals surface area contributed by atoms with Gasteiger partial charge in [-0.1, -0.05) is 29.8 Å². The van der Waals surface area contributed by atoms with Crippen molar-refractivity contribution < 1.29 is 39.2 Å². The summed E-state index contributed by atoms with van der Waals surface area (Å²) in [4.78, 5) is -0.000542. The number of rotatable bonds is 5. The first-order chi connectivity index (χ1) is 15.2. The van der Waals surface area contributed by atoms with Crippen LogP contribution in [-0.2, 0) is 15.9 Å². The Balaban J connectivity index is 1.85. The van der Waals surface area contributed by atoms with Crippen LogP contribution in [0.4, 0.5) is 36.6 Å². The van der Waals surface area contributed by atoms with E-state index in [1.165, 1.54) is 18.2 Å². The second-order valence-corrected chi connectivity index (χ2v) is 9.61. The van der Waals surface area contributed by atoms with E-state index in [-0.39, 0.29) is 15.9 Å². The van der Waals surface area contributed by atoms with Crippen LogP contribution in [0.3, 0.4) is 0 Å². The number of hydrogen-bond donors (Lipinski definition) is 0. The minimum atomic E-state index is -4.61. The first-order valence-corrected chi connectivity index (χ1v) is 11.0. The Bertz CT molecular complexity index is 1310. The molecule has 178 valence electrons. The van der Waals surface area contributed by atoms with Gasteiger partial charge in [-0.3, -0.25) is 0 Å². The highest BCUT2D eigenvalue weighted by Crippen LogP contribution is 2.45. The van der Waals surface area contributed by atoms with E-state index in [1.54, 1.807) is 0 Å². The maximum Gasteiger partial charge on any atom is 0.329 e. The summed E-state index contributed by atoms with van der Waals surface area (Å²) < 4.78 is 121. The maximum atomic E-state index is 13.8. The van der Waals surface area contributed by atoms with Crippen LogP contribution in [0.2, 0.25) is 5.02 Å². The number of alkyl halides is 7. The molecule has 2 heterocycles. The van der Waals surface area contributed by atoms with Crippen molar-refractivity contribution in [1.29, 1.82) is 0 Å². The van der Waals surface area contributed by atoms with Gasteiger partial charge in [-0.15, -0.1) is 5.10 Å². The number of hydrogen-bond acceptors (Lipinski definition) is 4. The number of nitrogens with zero attached hydrogens (tertiary/aromatic N) is 3. The van der Waals surface area contributed by atoms with Crippen molar-refractivity contribution in [2.45, 2.75) is 22.7 Å². The molecule has 0 spiro atoms. The van der Waals surface area contributed by atoms with Gasteiger partial charge in [0.1, 0.15) is 0 Å². The molecule has 0 N–H and O–H groups in total. The normalized spacial score (nSPS) is 18.2. The summed E-state index contributed by atoms with van der Waals surface area (Å²) in [7, 11) is -4.61. The summed E-state index contributed by atoms with van der Waals surface area (Å²) >= 11 is 6.11. The van der Waals surface area contributed by atoms with Crippen LogP contribution in [0.25, 0.3) is 10.9 Å². The predicted molar refractivity (Wildman–Crippen MR) is 106 cm³/mol. The summed E-state index contributed by atoms with van der Waals surface area (Å²) in [5, 5.41) is 3.51. The van der Waals surface area contributed by atoms with Crippen molar-refractivity contribution in [3.63, 3.8) is 0 Å². The lowest BCUT2D eigenvalue weighted by molar-refractivity contribution is -0.172. The fourth-order valence-corrected chi connectivity index (χ4v) is 4.98. The van der Waals surface area contributed by atoms with Crippen LogP contribution in [-0.4, -0.2) is 49.2 Å². The first kappa shape index (κ1) is 23.6. The van der Waals surface area contributed by atoms with Gasteiger partial charge in [0.2, 0.25) is 0 Å². The molecule has 0 aliphatic carbocycles. The minimum Gasteiger partial charge on any atom is -0.342 e. The third-order valence-corrected chi connectivity index (χ3v) is 7.11. The van der Waals surface area contributed by atoms with Crippen molar-refractivity contribution in [3.8, 4) is 0 Å². The quantitative estimate of drug-likeness (QED) is 0.445. The van der Waals surface area contributed by atoms with E-state index in [2.05, 4.69) is 5.10 Å². The lowest BCUT2D eigenvalue weighted by Crippen LogP contribution is -2.38. The average molecular weight is 516 g/mol. The molecule has 1 aliphatic heterocycles. The monoisotopic (exact) mass is 515 g/mol. The van der Waals surface area contributed by atoms with Crippen LogP contribution in [0.5, 0.6) is 0 Å². The van der Waals surface area contributed by atoms with Gasteiger partial charge in [0.05, 0.1) is 33.9 Å². The van der Waals surface area contributed by atoms with Crippen LogP contribution in [0, 0.1) is 0 Å². The molecule has 2 aromatic carbocycles. The second kappa shape index (κ2) is 7.49. The molecule has 0 saturated carbocycles. The van der Waals surface area contributed by atoms with E-state index in [1.807, 2.05) is 0 Å². The Labute approximate surface area is 187 Å². The van der Waals surface area contributed by atoms with E-state index < -0.39 is 63.8 Å². The van der Waals surface area contributed by atoms with Crippen LogP contribution >= 0.6 is 11.6 Å². The summed E-state index contributed by atoms with van der Waals surface area (Å²) in [5.41, 5.74) is -0.964. The molecule has 0 atom stereocenters. The van der Waals surface area contributed by atoms with E-state index >= 15 is 0 Å². The molecule has 0 unspecified atom stereocenters. The third-order valence-electron chi connectivity index (χ3n) is 5.19. The molecule has 1 fully saturated rings. The summed E-state index contributed by atoms with van der Waals surface area (Å²) in [6, 6.07) is 6.88. The Hall–Kier alpha value is -2.54. The fourth-order valence-electron chi connectivity index (χ4n) is 3.45. The lowest BCUT2D eigenvalue weighted by atomic mass is 10.1. The number of anilines is 1. The highest BCUT2D eigenvalue weighted by atomic mass is 35.5. The topological polar surface area (TPSA) is 55.2 Å². The molecule has 33 heavy (non-hydrogen) atoms. The zero-order chi connectivity index (χ0) is 24.4. The molecule has 4 rings (SSSR count). The molecule has 3 aromatic rings. The largest absolute Gasteiger partial charge is 0.342 e. The van der Waals surface area contributed by atoms with Crippen molar-refractivity contribution >= 4 is 38.3 Å². The van der Waals surface area contributed by atoms with Gasteiger partial charge in [0.15, 0.2) is 12.5 Å². The molecule has 0 amide bonds. The number of benzene rings is 2. The van der Waals surface area contributed by atoms with Crippen molar-refractivity contribution in [2.75, 3.05) is 24.7 Å². The average Bonchev–Trinajstić information content (AvgIpc) is 3.24. The fraction of sp³-hybridized carbons (Fsp3) is 0.316. The highest BCUT2D eigenvalue weighted by molar-refractivity contribution is 7.90. The first-order valence-electron chi connectivity index (χ1n) is 9.19. The molecule has 1 aliphatic rings. The lowest BCUT2D eigenvalue weighted by Gasteiger charge is -2.14. The molecule has 14 heteroatoms. The van der Waals surface area contributed by atoms with Gasteiger partial charge in [0.25, 0.3) is 10.0 Å². The number of halogens is 8. The Morgan fingerprint density at radius 2 is 1.58 bits per heavy atom. The summed E-state index contributed by atoms with van der Waals surface area (Å²) in [6.07, 6.45) is 0. The number of aromatic nitrogens is 2. The van der Waals surface area contributed by atoms with Gasteiger partial charge in [0, 0.05) is 5.56 Å². The summed E-state index contributed by atoms with van der Waals surface area (Å²) in [5.74, 6) is -13.1. The van der Waals surface area contributed by atoms with E-state index in [0.29, 0.717) is 21.1 Å². The molecule has 5 nitrogen and oxygen atoms in total. The summed E-state index contributed by atoms with van der Waals surface area (Å²) in [6.45, 7) is -4.84. The van der Waals surface area contributed by atoms with Gasteiger partial charge in [-0.05, 0) is 24.3 Å². The van der Waals surface area contributed by atoms with Crippen molar-refractivity contribution in [3.05, 3.63) is 53.1 Å². The van der Waals surface area contributed by atoms with Crippen LogP contribution < -0.4 is 4.90 Å². The zero-order valence-electron chi connectivity index (χ0n) is 16.3. The highest BCUT2D eigenvalue weighted by Gasteiger charge is 2.63. The van der Waals surface area contributed by atoms with Crippen molar-refractivity contribution in [2.24, 2.45) is 0 Å². The van der Waals surface area contributed by atoms with Gasteiger partial charge >= 0.3 is 17.8 Å². The smallest absolute Gasteiger partial charge is 0.329 e. The Morgan fingerprint density at radius 1 is 1.00 bits per heavy atom. The van der Waals surface area contributed by atoms with Gasteiger partial charge in [-0.2, -0.15) is 38.8 Å². The standard InChI is InChI=1S/C19H13ClF7N3O2S/c20-13-2-1-3-14-15(13)16(29-9-18(24,25)19(26,27)10-29)28-30(14)33(31,32)12-6-4-11(5-7-12)17(22,23)8-21/h1-7H,8-10H2. The van der Waals surface area contributed by atoms with Gasteiger partial charge < -0.3 is 4.90 Å². The third kappa shape index (κ3) is 3.70. The van der Waals surface area contributed by atoms with E-state index in [9.17, 15) is 39.2 Å². The number of fused-ring (bicyclic) bond motifs is 1. The molecular formula is C19H13ClF7N3O2S. The van der Waals surface area contributed by atoms with Gasteiger partial charge in [-0.25, -0.2) is 4.39 Å². The molecule has 1 aromatic heterocycles. The maximum absolute atomic E-state index is 13.8. The molecular weight excluding hydrogens is 503 g/mol. The second-order valence-electron chi connectivity index (χ2n) is 7.43. The van der Waals surface area contributed by atoms with Crippen molar-refractivity contribution in [1.82, 2.24) is 9.19 Å². The molecule has 0 radical (unpaired) electrons.